The van der Waals surface area contributed by atoms with Gasteiger partial charge in [0.1, 0.15) is 17.2 Å². The third kappa shape index (κ3) is 3.46. The lowest BCUT2D eigenvalue weighted by atomic mass is 10.1. The van der Waals surface area contributed by atoms with Crippen molar-refractivity contribution in [2.45, 2.75) is 34.6 Å². The lowest BCUT2D eigenvalue weighted by Crippen LogP contribution is -2.38. The van der Waals surface area contributed by atoms with Gasteiger partial charge in [-0.3, -0.25) is 9.20 Å². The molecule has 0 radical (unpaired) electrons. The third-order valence-electron chi connectivity index (χ3n) is 3.42. The average Bonchev–Trinajstić information content (AvgIpc) is 2.71. The van der Waals surface area contributed by atoms with Gasteiger partial charge < -0.3 is 4.90 Å². The zero-order chi connectivity index (χ0) is 16.4. The number of amides is 1. The molecule has 0 aromatic carbocycles. The maximum absolute atomic E-state index is 13.5. The Morgan fingerprint density at radius 2 is 1.82 bits per heavy atom. The number of imidazole rings is 1. The summed E-state index contributed by atoms with van der Waals surface area (Å²) < 4.78 is 15.1. The number of carbonyl (C=O) groups excluding carboxylic acids is 1. The minimum atomic E-state index is -0.377. The van der Waals surface area contributed by atoms with Crippen LogP contribution in [0.2, 0.25) is 0 Å². The van der Waals surface area contributed by atoms with Crippen molar-refractivity contribution in [2.24, 2.45) is 11.8 Å². The Bertz CT molecular complexity index is 666. The van der Waals surface area contributed by atoms with E-state index >= 15 is 0 Å². The first kappa shape index (κ1) is 16.5. The average molecular weight is 305 g/mol. The summed E-state index contributed by atoms with van der Waals surface area (Å²) in [4.78, 5) is 19.2. The summed E-state index contributed by atoms with van der Waals surface area (Å²) in [5.74, 6) is 0.286. The largest absolute Gasteiger partial charge is 0.337 e. The minimum absolute atomic E-state index is 0.0852. The number of nitrogens with zero attached hydrogens (tertiary/aromatic N) is 3. The Balaban J connectivity index is 2.45. The number of pyridine rings is 1. The first-order valence-electron chi connectivity index (χ1n) is 7.73. The van der Waals surface area contributed by atoms with E-state index in [1.165, 1.54) is 12.3 Å². The van der Waals surface area contributed by atoms with Crippen LogP contribution in [0.5, 0.6) is 0 Å². The summed E-state index contributed by atoms with van der Waals surface area (Å²) in [5.41, 5.74) is 1.68. The second-order valence-electron chi connectivity index (χ2n) is 6.62. The van der Waals surface area contributed by atoms with Gasteiger partial charge >= 0.3 is 0 Å². The van der Waals surface area contributed by atoms with E-state index in [9.17, 15) is 9.18 Å². The Morgan fingerprint density at radius 1 is 1.23 bits per heavy atom. The van der Waals surface area contributed by atoms with Crippen molar-refractivity contribution in [3.63, 3.8) is 0 Å². The molecule has 0 spiro atoms. The van der Waals surface area contributed by atoms with Crippen LogP contribution in [0.25, 0.3) is 5.65 Å². The van der Waals surface area contributed by atoms with Gasteiger partial charge in [0.15, 0.2) is 0 Å². The molecule has 2 heterocycles. The fourth-order valence-electron chi connectivity index (χ4n) is 2.67. The van der Waals surface area contributed by atoms with Crippen molar-refractivity contribution in [3.05, 3.63) is 35.5 Å². The van der Waals surface area contributed by atoms with Crippen molar-refractivity contribution in [2.75, 3.05) is 13.1 Å². The molecular weight excluding hydrogens is 281 g/mol. The zero-order valence-corrected chi connectivity index (χ0v) is 13.9. The Kier molecular flexibility index (Phi) is 4.84. The standard InChI is InChI=1S/C17H24FN3O/c1-11(2)8-20(9-12(3)4)17(22)16-13(5)19-15-7-6-14(18)10-21(15)16/h6-7,10-12H,8-9H2,1-5H3. The first-order valence-corrected chi connectivity index (χ1v) is 7.73. The lowest BCUT2D eigenvalue weighted by Gasteiger charge is -2.26. The fourth-order valence-corrected chi connectivity index (χ4v) is 2.67. The first-order chi connectivity index (χ1) is 10.3. The number of rotatable bonds is 5. The Morgan fingerprint density at radius 3 is 2.36 bits per heavy atom. The molecule has 0 unspecified atom stereocenters. The predicted octanol–water partition coefficient (Wildman–Crippen LogP) is 3.54. The van der Waals surface area contributed by atoms with E-state index in [-0.39, 0.29) is 11.7 Å². The Hall–Kier alpha value is -1.91. The van der Waals surface area contributed by atoms with E-state index < -0.39 is 0 Å². The molecule has 5 heteroatoms. The minimum Gasteiger partial charge on any atom is -0.337 e. The highest BCUT2D eigenvalue weighted by Gasteiger charge is 2.24. The molecule has 0 N–H and O–H groups in total. The molecule has 0 saturated carbocycles. The highest BCUT2D eigenvalue weighted by Crippen LogP contribution is 2.17. The van der Waals surface area contributed by atoms with Gasteiger partial charge in [-0.15, -0.1) is 0 Å². The lowest BCUT2D eigenvalue weighted by molar-refractivity contribution is 0.0707. The normalized spacial score (nSPS) is 11.6. The van der Waals surface area contributed by atoms with Crippen LogP contribution in [0.1, 0.15) is 43.9 Å². The van der Waals surface area contributed by atoms with Gasteiger partial charge in [0.25, 0.3) is 5.91 Å². The van der Waals surface area contributed by atoms with E-state index in [4.69, 9.17) is 0 Å². The van der Waals surface area contributed by atoms with Gasteiger partial charge in [-0.1, -0.05) is 27.7 Å². The summed E-state index contributed by atoms with van der Waals surface area (Å²) in [5, 5.41) is 0. The molecule has 22 heavy (non-hydrogen) atoms. The molecule has 0 bridgehead atoms. The molecule has 120 valence electrons. The van der Waals surface area contributed by atoms with E-state index in [1.54, 1.807) is 17.4 Å². The molecule has 0 saturated heterocycles. The molecule has 2 rings (SSSR count). The van der Waals surface area contributed by atoms with Crippen molar-refractivity contribution >= 4 is 11.6 Å². The van der Waals surface area contributed by atoms with Crippen LogP contribution in [-0.2, 0) is 0 Å². The third-order valence-corrected chi connectivity index (χ3v) is 3.42. The molecule has 0 aliphatic carbocycles. The van der Waals surface area contributed by atoms with Crippen LogP contribution in [0.4, 0.5) is 4.39 Å². The van der Waals surface area contributed by atoms with Crippen molar-refractivity contribution in [1.29, 1.82) is 0 Å². The molecule has 2 aromatic rings. The van der Waals surface area contributed by atoms with Gasteiger partial charge in [-0.05, 0) is 30.9 Å². The number of carbonyl (C=O) groups is 1. The van der Waals surface area contributed by atoms with E-state index in [1.807, 2.05) is 4.90 Å². The second kappa shape index (κ2) is 6.46. The summed E-state index contributed by atoms with van der Waals surface area (Å²) in [6.45, 7) is 11.5. The summed E-state index contributed by atoms with van der Waals surface area (Å²) >= 11 is 0. The van der Waals surface area contributed by atoms with Crippen molar-refractivity contribution in [1.82, 2.24) is 14.3 Å². The molecule has 1 amide bonds. The molecule has 2 aromatic heterocycles. The fraction of sp³-hybridized carbons (Fsp3) is 0.529. The predicted molar refractivity (Wildman–Crippen MR) is 85.5 cm³/mol. The zero-order valence-electron chi connectivity index (χ0n) is 13.9. The maximum atomic E-state index is 13.5. The van der Waals surface area contributed by atoms with Gasteiger partial charge in [0, 0.05) is 19.3 Å². The van der Waals surface area contributed by atoms with Crippen molar-refractivity contribution < 1.29 is 9.18 Å². The molecule has 0 aliphatic heterocycles. The van der Waals surface area contributed by atoms with Crippen LogP contribution >= 0.6 is 0 Å². The smallest absolute Gasteiger partial charge is 0.272 e. The molecule has 0 aliphatic rings. The number of aromatic nitrogens is 2. The van der Waals surface area contributed by atoms with Crippen LogP contribution in [-0.4, -0.2) is 33.3 Å². The topological polar surface area (TPSA) is 37.6 Å². The second-order valence-corrected chi connectivity index (χ2v) is 6.62. The van der Waals surface area contributed by atoms with Gasteiger partial charge in [0.2, 0.25) is 0 Å². The number of fused-ring (bicyclic) bond motifs is 1. The van der Waals surface area contributed by atoms with E-state index in [0.717, 1.165) is 0 Å². The number of aryl methyl sites for hydroxylation is 1. The van der Waals surface area contributed by atoms with E-state index in [2.05, 4.69) is 32.7 Å². The van der Waals surface area contributed by atoms with Crippen LogP contribution in [0.15, 0.2) is 18.3 Å². The number of hydrogen-bond acceptors (Lipinski definition) is 2. The molecule has 0 atom stereocenters. The number of hydrogen-bond donors (Lipinski definition) is 0. The summed E-state index contributed by atoms with van der Waals surface area (Å²) in [6.07, 6.45) is 1.32. The van der Waals surface area contributed by atoms with Gasteiger partial charge in [-0.25, -0.2) is 9.37 Å². The van der Waals surface area contributed by atoms with E-state index in [0.29, 0.717) is 42.0 Å². The Labute approximate surface area is 131 Å². The molecule has 0 fully saturated rings. The van der Waals surface area contributed by atoms with Gasteiger partial charge in [-0.2, -0.15) is 0 Å². The highest BCUT2D eigenvalue weighted by molar-refractivity contribution is 5.94. The van der Waals surface area contributed by atoms with Crippen LogP contribution in [0.3, 0.4) is 0 Å². The SMILES string of the molecule is Cc1nc2ccc(F)cn2c1C(=O)N(CC(C)C)CC(C)C. The van der Waals surface area contributed by atoms with Crippen LogP contribution < -0.4 is 0 Å². The monoisotopic (exact) mass is 305 g/mol. The van der Waals surface area contributed by atoms with Crippen molar-refractivity contribution in [3.8, 4) is 0 Å². The highest BCUT2D eigenvalue weighted by atomic mass is 19.1. The summed E-state index contributed by atoms with van der Waals surface area (Å²) in [7, 11) is 0. The summed E-state index contributed by atoms with van der Waals surface area (Å²) in [6, 6.07) is 2.95. The molecule has 4 nitrogen and oxygen atoms in total. The maximum Gasteiger partial charge on any atom is 0.272 e. The molecular formula is C17H24FN3O. The van der Waals surface area contributed by atoms with Gasteiger partial charge in [0.05, 0.1) is 5.69 Å². The van der Waals surface area contributed by atoms with Crippen LogP contribution in [0, 0.1) is 24.6 Å². The quantitative estimate of drug-likeness (QED) is 0.847. The number of halogens is 1.